The van der Waals surface area contributed by atoms with E-state index in [9.17, 15) is 4.79 Å². The van der Waals surface area contributed by atoms with Crippen LogP contribution in [-0.4, -0.2) is 29.0 Å². The van der Waals surface area contributed by atoms with Crippen molar-refractivity contribution in [3.05, 3.63) is 34.9 Å². The normalized spacial score (nSPS) is 28.4. The molecule has 3 rings (SSSR count). The van der Waals surface area contributed by atoms with Crippen LogP contribution in [0.2, 0.25) is 5.02 Å². The lowest BCUT2D eigenvalue weighted by atomic mass is 9.83. The maximum Gasteiger partial charge on any atom is 0.306 e. The van der Waals surface area contributed by atoms with Crippen molar-refractivity contribution in [1.82, 2.24) is 5.32 Å². The zero-order valence-corrected chi connectivity index (χ0v) is 11.8. The number of halogens is 1. The van der Waals surface area contributed by atoms with Crippen molar-refractivity contribution in [3.63, 3.8) is 0 Å². The molecule has 1 aliphatic heterocycles. The van der Waals surface area contributed by atoms with E-state index in [1.807, 2.05) is 24.3 Å². The highest BCUT2D eigenvalue weighted by Gasteiger charge is 2.37. The fourth-order valence-electron chi connectivity index (χ4n) is 3.08. The van der Waals surface area contributed by atoms with Crippen LogP contribution in [0, 0.1) is 5.92 Å². The summed E-state index contributed by atoms with van der Waals surface area (Å²) in [5, 5.41) is 13.2. The monoisotopic (exact) mass is 292 g/mol. The van der Waals surface area contributed by atoms with Gasteiger partial charge in [0.05, 0.1) is 18.0 Å². The number of aliphatic carboxylic acids is 1. The minimum Gasteiger partial charge on any atom is -0.481 e. The zero-order valence-electron chi connectivity index (χ0n) is 11.1. The highest BCUT2D eigenvalue weighted by atomic mass is 35.5. The van der Waals surface area contributed by atoms with Crippen molar-refractivity contribution in [1.29, 1.82) is 0 Å². The van der Waals surface area contributed by atoms with E-state index in [-0.39, 0.29) is 18.0 Å². The number of hydrogen-bond donors (Lipinski definition) is 2. The number of hydrogen-bond acceptors (Lipinski definition) is 3. The Morgan fingerprint density at radius 2 is 2.30 bits per heavy atom. The second-order valence-electron chi connectivity index (χ2n) is 5.55. The number of rotatable bonds is 3. The quantitative estimate of drug-likeness (QED) is 0.900. The molecule has 1 heterocycles. The first-order valence-corrected chi connectivity index (χ1v) is 7.30. The summed E-state index contributed by atoms with van der Waals surface area (Å²) in [6.07, 6.45) is 2.98. The summed E-state index contributed by atoms with van der Waals surface area (Å²) in [5.41, 5.74) is 1.12. The molecule has 0 amide bonds. The summed E-state index contributed by atoms with van der Waals surface area (Å²) in [5.74, 6) is 0.0336. The van der Waals surface area contributed by atoms with Crippen molar-refractivity contribution >= 4 is 23.4 Å². The molecule has 1 fully saturated rings. The van der Waals surface area contributed by atoms with Crippen LogP contribution < -0.4 is 5.32 Å². The summed E-state index contributed by atoms with van der Waals surface area (Å²) in [6, 6.07) is 8.16. The molecule has 3 atom stereocenters. The van der Waals surface area contributed by atoms with E-state index in [0.717, 1.165) is 35.7 Å². The van der Waals surface area contributed by atoms with Crippen LogP contribution in [-0.2, 0) is 11.2 Å². The molecule has 20 heavy (non-hydrogen) atoms. The SMILES string of the molecule is O=C(O)C1CCC2N=C(Cc3cccc(Cl)c3)NC2C1. The lowest BCUT2D eigenvalue weighted by Crippen LogP contribution is -2.41. The second-order valence-corrected chi connectivity index (χ2v) is 5.99. The maximum absolute atomic E-state index is 11.1. The molecule has 1 aromatic carbocycles. The van der Waals surface area contributed by atoms with Crippen molar-refractivity contribution in [2.45, 2.75) is 37.8 Å². The van der Waals surface area contributed by atoms with E-state index in [0.29, 0.717) is 6.42 Å². The van der Waals surface area contributed by atoms with Gasteiger partial charge < -0.3 is 10.4 Å². The third-order valence-electron chi connectivity index (χ3n) is 4.10. The van der Waals surface area contributed by atoms with E-state index < -0.39 is 5.97 Å². The first-order chi connectivity index (χ1) is 9.61. The number of carboxylic acid groups (broad SMARTS) is 1. The summed E-state index contributed by atoms with van der Waals surface area (Å²) >= 11 is 5.98. The van der Waals surface area contributed by atoms with E-state index in [4.69, 9.17) is 21.7 Å². The van der Waals surface area contributed by atoms with E-state index >= 15 is 0 Å². The van der Waals surface area contributed by atoms with Crippen molar-refractivity contribution < 1.29 is 9.90 Å². The third-order valence-corrected chi connectivity index (χ3v) is 4.33. The van der Waals surface area contributed by atoms with Crippen LogP contribution >= 0.6 is 11.6 Å². The zero-order chi connectivity index (χ0) is 14.1. The molecular weight excluding hydrogens is 276 g/mol. The second kappa shape index (κ2) is 5.44. The summed E-state index contributed by atoms with van der Waals surface area (Å²) in [7, 11) is 0. The average molecular weight is 293 g/mol. The molecule has 5 heteroatoms. The number of carbonyl (C=O) groups is 1. The summed E-state index contributed by atoms with van der Waals surface area (Å²) in [6.45, 7) is 0. The molecule has 1 aromatic rings. The number of benzene rings is 1. The number of amidine groups is 1. The van der Waals surface area contributed by atoms with Gasteiger partial charge in [-0.3, -0.25) is 9.79 Å². The lowest BCUT2D eigenvalue weighted by molar-refractivity contribution is -0.143. The molecule has 0 saturated heterocycles. The van der Waals surface area contributed by atoms with Gasteiger partial charge in [0.1, 0.15) is 5.84 Å². The molecule has 1 saturated carbocycles. The number of aliphatic imine (C=N–C) groups is 1. The van der Waals surface area contributed by atoms with Gasteiger partial charge >= 0.3 is 5.97 Å². The minimum absolute atomic E-state index is 0.180. The van der Waals surface area contributed by atoms with Crippen LogP contribution in [0.1, 0.15) is 24.8 Å². The van der Waals surface area contributed by atoms with E-state index in [2.05, 4.69) is 5.32 Å². The van der Waals surface area contributed by atoms with Gasteiger partial charge in [0.25, 0.3) is 0 Å². The van der Waals surface area contributed by atoms with E-state index in [1.54, 1.807) is 0 Å². The number of nitrogens with one attached hydrogen (secondary N) is 1. The average Bonchev–Trinajstić information content (AvgIpc) is 2.79. The fourth-order valence-corrected chi connectivity index (χ4v) is 3.29. The van der Waals surface area contributed by atoms with Gasteiger partial charge in [-0.1, -0.05) is 23.7 Å². The van der Waals surface area contributed by atoms with Crippen molar-refractivity contribution in [2.75, 3.05) is 0 Å². The Labute approximate surface area is 122 Å². The van der Waals surface area contributed by atoms with Crippen LogP contribution in [0.3, 0.4) is 0 Å². The van der Waals surface area contributed by atoms with Gasteiger partial charge in [0.2, 0.25) is 0 Å². The van der Waals surface area contributed by atoms with E-state index in [1.165, 1.54) is 0 Å². The van der Waals surface area contributed by atoms with Crippen LogP contribution in [0.25, 0.3) is 0 Å². The van der Waals surface area contributed by atoms with Gasteiger partial charge in [-0.05, 0) is 37.0 Å². The first kappa shape index (κ1) is 13.4. The number of nitrogens with zero attached hydrogens (tertiary/aromatic N) is 1. The maximum atomic E-state index is 11.1. The molecule has 0 bridgehead atoms. The molecule has 2 aliphatic rings. The lowest BCUT2D eigenvalue weighted by Gasteiger charge is -2.28. The van der Waals surface area contributed by atoms with Crippen molar-refractivity contribution in [2.24, 2.45) is 10.9 Å². The summed E-state index contributed by atoms with van der Waals surface area (Å²) in [4.78, 5) is 15.8. The fraction of sp³-hybridized carbons (Fsp3) is 0.467. The highest BCUT2D eigenvalue weighted by molar-refractivity contribution is 6.30. The topological polar surface area (TPSA) is 61.7 Å². The third kappa shape index (κ3) is 2.80. The van der Waals surface area contributed by atoms with Gasteiger partial charge in [-0.25, -0.2) is 0 Å². The number of fused-ring (bicyclic) bond motifs is 1. The molecule has 106 valence electrons. The molecule has 0 aromatic heterocycles. The molecule has 1 aliphatic carbocycles. The predicted octanol–water partition coefficient (Wildman–Crippen LogP) is 2.51. The highest BCUT2D eigenvalue weighted by Crippen LogP contribution is 2.30. The molecule has 0 spiro atoms. The van der Waals surface area contributed by atoms with Gasteiger partial charge in [0.15, 0.2) is 0 Å². The Morgan fingerprint density at radius 1 is 1.45 bits per heavy atom. The molecule has 4 nitrogen and oxygen atoms in total. The molecule has 3 unspecified atom stereocenters. The minimum atomic E-state index is -0.687. The Bertz CT molecular complexity index is 559. The van der Waals surface area contributed by atoms with Gasteiger partial charge in [-0.2, -0.15) is 0 Å². The summed E-state index contributed by atoms with van der Waals surface area (Å²) < 4.78 is 0. The van der Waals surface area contributed by atoms with Crippen molar-refractivity contribution in [3.8, 4) is 0 Å². The van der Waals surface area contributed by atoms with Crippen LogP contribution in [0.15, 0.2) is 29.3 Å². The number of carboxylic acids is 1. The Kier molecular flexibility index (Phi) is 3.66. The molecule has 2 N–H and O–H groups in total. The Hall–Kier alpha value is -1.55. The first-order valence-electron chi connectivity index (χ1n) is 6.92. The standard InChI is InChI=1S/C15H17ClN2O2/c16-11-3-1-2-9(6-11)7-14-17-12-5-4-10(15(19)20)8-13(12)18-14/h1-3,6,10,12-13H,4-5,7-8H2,(H,17,18)(H,19,20). The van der Waals surface area contributed by atoms with Gasteiger partial charge in [-0.15, -0.1) is 0 Å². The Balaban J connectivity index is 1.65. The largest absolute Gasteiger partial charge is 0.481 e. The predicted molar refractivity (Wildman–Crippen MR) is 78.3 cm³/mol. The Morgan fingerprint density at radius 3 is 3.05 bits per heavy atom. The van der Waals surface area contributed by atoms with Gasteiger partial charge in [0, 0.05) is 11.4 Å². The van der Waals surface area contributed by atoms with Crippen LogP contribution in [0.5, 0.6) is 0 Å². The smallest absolute Gasteiger partial charge is 0.306 e. The molecule has 0 radical (unpaired) electrons. The molecular formula is C15H17ClN2O2. The van der Waals surface area contributed by atoms with Crippen LogP contribution in [0.4, 0.5) is 0 Å².